The van der Waals surface area contributed by atoms with Crippen molar-refractivity contribution in [1.82, 2.24) is 4.57 Å². The lowest BCUT2D eigenvalue weighted by atomic mass is 9.92. The molecule has 1 aliphatic heterocycles. The predicted octanol–water partition coefficient (Wildman–Crippen LogP) is 7.25. The third kappa shape index (κ3) is 4.81. The Hall–Kier alpha value is -3.92. The van der Waals surface area contributed by atoms with Crippen LogP contribution in [0.25, 0.3) is 11.1 Å². The second-order valence-electron chi connectivity index (χ2n) is 9.31. The fourth-order valence-corrected chi connectivity index (χ4v) is 6.39. The fourth-order valence-electron chi connectivity index (χ4n) is 5.03. The number of ketones is 1. The summed E-state index contributed by atoms with van der Waals surface area (Å²) in [5.74, 6) is -1.79. The van der Waals surface area contributed by atoms with E-state index in [-0.39, 0.29) is 40.2 Å². The molecule has 1 aromatic heterocycles. The first-order valence-electron chi connectivity index (χ1n) is 12.2. The number of carbonyl (C=O) groups is 1. The number of aromatic nitrogens is 1. The molecule has 4 nitrogen and oxygen atoms in total. The molecular weight excluding hydrogens is 549 g/mol. The highest BCUT2D eigenvalue weighted by atomic mass is 32.2. The number of thioether (sulfide) groups is 1. The van der Waals surface area contributed by atoms with Crippen molar-refractivity contribution in [1.29, 1.82) is 0 Å². The molecule has 0 amide bonds. The smallest absolute Gasteiger partial charge is 0.416 e. The van der Waals surface area contributed by atoms with Gasteiger partial charge in [0, 0.05) is 23.3 Å². The SMILES string of the molecule is COc1cccc(-c2c(C)c(Cc3ccccc3C(F)(F)F)c3n(c2=O)C(C(=O)c2ccc(F)cc2)CS3)c1F. The van der Waals surface area contributed by atoms with Gasteiger partial charge in [-0.05, 0) is 60.0 Å². The molecule has 0 radical (unpaired) electrons. The first-order valence-corrected chi connectivity index (χ1v) is 13.2. The fraction of sp³-hybridized carbons (Fsp3) is 0.200. The molecule has 0 saturated carbocycles. The summed E-state index contributed by atoms with van der Waals surface area (Å²) in [6, 6.07) is 13.3. The standard InChI is InChI=1S/C30H22F5NO3S/c1-16-21(14-18-6-3-4-8-22(18)30(33,34)35)29-36(23(15-40-29)27(37)17-10-12-19(31)13-11-17)28(38)25(16)20-7-5-9-24(39-2)26(20)32/h3-13,23H,14-15H2,1-2H3. The summed E-state index contributed by atoms with van der Waals surface area (Å²) >= 11 is 1.17. The van der Waals surface area contributed by atoms with Crippen LogP contribution in [0.3, 0.4) is 0 Å². The lowest BCUT2D eigenvalue weighted by molar-refractivity contribution is -0.138. The molecule has 1 unspecified atom stereocenters. The van der Waals surface area contributed by atoms with Crippen molar-refractivity contribution in [2.75, 3.05) is 12.9 Å². The van der Waals surface area contributed by atoms with Gasteiger partial charge in [-0.2, -0.15) is 13.2 Å². The summed E-state index contributed by atoms with van der Waals surface area (Å²) in [4.78, 5) is 27.5. The molecule has 3 aromatic carbocycles. The number of fused-ring (bicyclic) bond motifs is 1. The highest BCUT2D eigenvalue weighted by molar-refractivity contribution is 7.99. The molecule has 0 saturated heterocycles. The van der Waals surface area contributed by atoms with Crippen LogP contribution in [0.5, 0.6) is 5.75 Å². The number of nitrogens with zero attached hydrogens (tertiary/aromatic N) is 1. The summed E-state index contributed by atoms with van der Waals surface area (Å²) in [6.07, 6.45) is -4.82. The van der Waals surface area contributed by atoms with E-state index < -0.39 is 40.8 Å². The van der Waals surface area contributed by atoms with Crippen LogP contribution in [0, 0.1) is 18.6 Å². The van der Waals surface area contributed by atoms with Crippen molar-refractivity contribution >= 4 is 17.5 Å². The lowest BCUT2D eigenvalue weighted by Gasteiger charge is -2.21. The molecule has 40 heavy (non-hydrogen) atoms. The lowest BCUT2D eigenvalue weighted by Crippen LogP contribution is -2.31. The average Bonchev–Trinajstić information content (AvgIpc) is 3.37. The minimum absolute atomic E-state index is 0.0227. The van der Waals surface area contributed by atoms with Crippen LogP contribution in [-0.4, -0.2) is 23.2 Å². The van der Waals surface area contributed by atoms with E-state index in [1.54, 1.807) is 6.92 Å². The van der Waals surface area contributed by atoms with Crippen molar-refractivity contribution in [3.63, 3.8) is 0 Å². The van der Waals surface area contributed by atoms with Gasteiger partial charge in [0.05, 0.1) is 23.3 Å². The van der Waals surface area contributed by atoms with Gasteiger partial charge in [-0.15, -0.1) is 11.8 Å². The summed E-state index contributed by atoms with van der Waals surface area (Å²) < 4.78 is 76.9. The first kappa shape index (κ1) is 27.6. The van der Waals surface area contributed by atoms with Crippen LogP contribution in [0.4, 0.5) is 22.0 Å². The molecule has 0 bridgehead atoms. The van der Waals surface area contributed by atoms with Gasteiger partial charge in [0.15, 0.2) is 17.3 Å². The molecule has 1 atom stereocenters. The zero-order valence-corrected chi connectivity index (χ0v) is 22.1. The van der Waals surface area contributed by atoms with Gasteiger partial charge in [-0.25, -0.2) is 8.78 Å². The van der Waals surface area contributed by atoms with Gasteiger partial charge in [-0.1, -0.05) is 30.3 Å². The molecule has 0 spiro atoms. The average molecular weight is 572 g/mol. The minimum atomic E-state index is -4.62. The molecule has 2 heterocycles. The number of Topliss-reactive ketones (excluding diaryl/α,β-unsaturated/α-hetero) is 1. The number of hydrogen-bond donors (Lipinski definition) is 0. The van der Waals surface area contributed by atoms with E-state index in [0.29, 0.717) is 16.2 Å². The Kier molecular flexibility index (Phi) is 7.31. The Bertz CT molecular complexity index is 1680. The Morgan fingerprint density at radius 1 is 1.02 bits per heavy atom. The van der Waals surface area contributed by atoms with E-state index in [0.717, 1.165) is 18.2 Å². The summed E-state index contributed by atoms with van der Waals surface area (Å²) in [5, 5.41) is 0.340. The zero-order valence-electron chi connectivity index (χ0n) is 21.3. The van der Waals surface area contributed by atoms with Crippen molar-refractivity contribution in [2.45, 2.75) is 30.6 Å². The largest absolute Gasteiger partial charge is 0.494 e. The number of hydrogen-bond acceptors (Lipinski definition) is 4. The maximum Gasteiger partial charge on any atom is 0.416 e. The third-order valence-electron chi connectivity index (χ3n) is 7.00. The normalized spacial score (nSPS) is 14.7. The third-order valence-corrected chi connectivity index (χ3v) is 8.20. The van der Waals surface area contributed by atoms with E-state index in [4.69, 9.17) is 4.74 Å². The Balaban J connectivity index is 1.76. The summed E-state index contributed by atoms with van der Waals surface area (Å²) in [5.41, 5.74) is -0.800. The van der Waals surface area contributed by atoms with E-state index >= 15 is 4.39 Å². The van der Waals surface area contributed by atoms with Crippen molar-refractivity contribution in [2.24, 2.45) is 0 Å². The number of rotatable bonds is 6. The predicted molar refractivity (Wildman–Crippen MR) is 142 cm³/mol. The molecule has 206 valence electrons. The van der Waals surface area contributed by atoms with E-state index in [1.807, 2.05) is 0 Å². The number of carbonyl (C=O) groups excluding carboxylic acids is 1. The number of ether oxygens (including phenoxy) is 1. The van der Waals surface area contributed by atoms with Gasteiger partial charge in [-0.3, -0.25) is 14.2 Å². The maximum absolute atomic E-state index is 15.5. The number of alkyl halides is 3. The van der Waals surface area contributed by atoms with E-state index in [9.17, 15) is 27.2 Å². The van der Waals surface area contributed by atoms with Crippen LogP contribution in [0.2, 0.25) is 0 Å². The quantitative estimate of drug-likeness (QED) is 0.181. The van der Waals surface area contributed by atoms with Gasteiger partial charge < -0.3 is 4.74 Å². The van der Waals surface area contributed by atoms with Gasteiger partial charge >= 0.3 is 6.18 Å². The van der Waals surface area contributed by atoms with Crippen molar-refractivity contribution < 1.29 is 31.5 Å². The van der Waals surface area contributed by atoms with Gasteiger partial charge in [0.2, 0.25) is 0 Å². The number of benzene rings is 3. The van der Waals surface area contributed by atoms with Crippen LogP contribution in [0.1, 0.15) is 38.7 Å². The van der Waals surface area contributed by atoms with Crippen LogP contribution >= 0.6 is 11.8 Å². The summed E-state index contributed by atoms with van der Waals surface area (Å²) in [6.45, 7) is 1.57. The molecule has 4 aromatic rings. The van der Waals surface area contributed by atoms with Crippen LogP contribution in [-0.2, 0) is 12.6 Å². The molecular formula is C30H22F5NO3S. The minimum Gasteiger partial charge on any atom is -0.494 e. The highest BCUT2D eigenvalue weighted by Crippen LogP contribution is 2.42. The highest BCUT2D eigenvalue weighted by Gasteiger charge is 2.37. The molecule has 0 aliphatic carbocycles. The van der Waals surface area contributed by atoms with E-state index in [2.05, 4.69) is 0 Å². The van der Waals surface area contributed by atoms with Gasteiger partial charge in [0.1, 0.15) is 11.9 Å². The van der Waals surface area contributed by atoms with E-state index in [1.165, 1.54) is 72.0 Å². The first-order chi connectivity index (χ1) is 19.0. The van der Waals surface area contributed by atoms with Crippen molar-refractivity contribution in [3.05, 3.63) is 117 Å². The molecule has 0 fully saturated rings. The Labute approximate surface area is 230 Å². The molecule has 0 N–H and O–H groups in total. The Morgan fingerprint density at radius 3 is 2.40 bits per heavy atom. The monoisotopic (exact) mass is 571 g/mol. The zero-order chi connectivity index (χ0) is 28.8. The number of pyridine rings is 1. The Morgan fingerprint density at radius 2 is 1.73 bits per heavy atom. The van der Waals surface area contributed by atoms with Gasteiger partial charge in [0.25, 0.3) is 5.56 Å². The number of methoxy groups -OCH3 is 1. The summed E-state index contributed by atoms with van der Waals surface area (Å²) in [7, 11) is 1.28. The van der Waals surface area contributed by atoms with Crippen molar-refractivity contribution in [3.8, 4) is 16.9 Å². The second kappa shape index (κ2) is 10.6. The maximum atomic E-state index is 15.5. The topological polar surface area (TPSA) is 48.3 Å². The molecule has 1 aliphatic rings. The van der Waals surface area contributed by atoms with Crippen LogP contribution in [0.15, 0.2) is 76.6 Å². The second-order valence-corrected chi connectivity index (χ2v) is 10.3. The van der Waals surface area contributed by atoms with Crippen LogP contribution < -0.4 is 10.3 Å². The number of halogens is 5. The molecule has 10 heteroatoms. The molecule has 5 rings (SSSR count).